The Balaban J connectivity index is 2.06. The molecule has 2 atom stereocenters. The molecular weight excluding hydrogens is 409 g/mol. The Kier molecular flexibility index (Phi) is 6.44. The highest BCUT2D eigenvalue weighted by Gasteiger charge is 2.28. The molecule has 0 saturated heterocycles. The molecule has 26 heavy (non-hydrogen) atoms. The molecule has 0 aromatic heterocycles. The molecule has 0 spiro atoms. The summed E-state index contributed by atoms with van der Waals surface area (Å²) < 4.78 is 19.8. The summed E-state index contributed by atoms with van der Waals surface area (Å²) in [4.78, 5) is 22.5. The number of nitro groups is 1. The van der Waals surface area contributed by atoms with Gasteiger partial charge in [0.05, 0.1) is 9.40 Å². The molecule has 1 aliphatic carbocycles. The molecule has 144 valence electrons. The van der Waals surface area contributed by atoms with E-state index in [1.807, 2.05) is 0 Å². The number of nitrogens with zero attached hydrogens (tertiary/aromatic N) is 1. The summed E-state index contributed by atoms with van der Waals surface area (Å²) in [6, 6.07) is 2.25. The molecule has 0 heterocycles. The van der Waals surface area contributed by atoms with Crippen LogP contribution in [0.5, 0.6) is 0 Å². The minimum atomic E-state index is -0.693. The van der Waals surface area contributed by atoms with Gasteiger partial charge in [0, 0.05) is 18.2 Å². The van der Waals surface area contributed by atoms with Crippen LogP contribution in [0.4, 0.5) is 20.6 Å². The molecule has 1 aliphatic rings. The van der Waals surface area contributed by atoms with Crippen LogP contribution in [0.2, 0.25) is 0 Å². The Hall–Kier alpha value is -1.90. The number of anilines is 1. The molecule has 7 nitrogen and oxygen atoms in total. The highest BCUT2D eigenvalue weighted by atomic mass is 79.9. The van der Waals surface area contributed by atoms with Crippen molar-refractivity contribution < 1.29 is 18.8 Å². The van der Waals surface area contributed by atoms with Crippen LogP contribution >= 0.6 is 15.9 Å². The lowest BCUT2D eigenvalue weighted by molar-refractivity contribution is -0.384. The van der Waals surface area contributed by atoms with Gasteiger partial charge in [0.25, 0.3) is 5.69 Å². The predicted octanol–water partition coefficient (Wildman–Crippen LogP) is 4.74. The summed E-state index contributed by atoms with van der Waals surface area (Å²) in [7, 11) is 0. The number of carbonyl (C=O) groups is 1. The molecule has 1 aromatic rings. The van der Waals surface area contributed by atoms with Crippen molar-refractivity contribution in [2.75, 3.05) is 5.32 Å². The molecule has 0 bridgehead atoms. The number of benzene rings is 1. The summed E-state index contributed by atoms with van der Waals surface area (Å²) in [6.07, 6.45) is 2.35. The van der Waals surface area contributed by atoms with Crippen molar-refractivity contribution in [2.24, 2.45) is 0 Å². The summed E-state index contributed by atoms with van der Waals surface area (Å²) in [5, 5.41) is 16.9. The van der Waals surface area contributed by atoms with Crippen molar-refractivity contribution in [3.05, 3.63) is 32.5 Å². The van der Waals surface area contributed by atoms with E-state index in [1.54, 1.807) is 20.8 Å². The van der Waals surface area contributed by atoms with E-state index in [0.717, 1.165) is 19.3 Å². The molecule has 2 rings (SSSR count). The van der Waals surface area contributed by atoms with Gasteiger partial charge in [-0.3, -0.25) is 10.1 Å². The van der Waals surface area contributed by atoms with Crippen LogP contribution in [0.1, 0.15) is 46.5 Å². The molecule has 0 radical (unpaired) electrons. The Bertz CT molecular complexity index is 693. The predicted molar refractivity (Wildman–Crippen MR) is 99.8 cm³/mol. The normalized spacial score (nSPS) is 20.3. The topological polar surface area (TPSA) is 93.5 Å². The summed E-state index contributed by atoms with van der Waals surface area (Å²) in [5.41, 5.74) is -1.03. The second kappa shape index (κ2) is 8.20. The second-order valence-corrected chi connectivity index (χ2v) is 8.22. The summed E-state index contributed by atoms with van der Waals surface area (Å²) in [6.45, 7) is 5.35. The second-order valence-electron chi connectivity index (χ2n) is 7.36. The molecule has 1 fully saturated rings. The van der Waals surface area contributed by atoms with Crippen LogP contribution in [-0.2, 0) is 4.74 Å². The first-order valence-electron chi connectivity index (χ1n) is 8.45. The zero-order valence-corrected chi connectivity index (χ0v) is 16.6. The Morgan fingerprint density at radius 1 is 1.35 bits per heavy atom. The minimum absolute atomic E-state index is 0.132. The lowest BCUT2D eigenvalue weighted by Crippen LogP contribution is -2.44. The van der Waals surface area contributed by atoms with Crippen molar-refractivity contribution in [1.82, 2.24) is 5.32 Å². The van der Waals surface area contributed by atoms with Gasteiger partial charge in [0.1, 0.15) is 5.60 Å². The number of rotatable bonds is 4. The fraction of sp³-hybridized carbons (Fsp3) is 0.588. The van der Waals surface area contributed by atoms with Gasteiger partial charge in [0.15, 0.2) is 11.5 Å². The van der Waals surface area contributed by atoms with Gasteiger partial charge < -0.3 is 15.4 Å². The maximum atomic E-state index is 14.4. The number of alkyl carbamates (subject to hydrolysis) is 1. The quantitative estimate of drug-likeness (QED) is 0.529. The van der Waals surface area contributed by atoms with Crippen molar-refractivity contribution in [2.45, 2.75) is 64.1 Å². The number of carbonyl (C=O) groups excluding carboxylic acids is 1. The van der Waals surface area contributed by atoms with Crippen molar-refractivity contribution in [3.8, 4) is 0 Å². The van der Waals surface area contributed by atoms with Crippen LogP contribution in [0, 0.1) is 15.9 Å². The molecule has 0 aliphatic heterocycles. The molecule has 1 saturated carbocycles. The average Bonchev–Trinajstić information content (AvgIpc) is 2.50. The fourth-order valence-electron chi connectivity index (χ4n) is 2.96. The van der Waals surface area contributed by atoms with Crippen LogP contribution in [0.15, 0.2) is 16.6 Å². The number of amides is 1. The lowest BCUT2D eigenvalue weighted by atomic mass is 9.91. The third kappa shape index (κ3) is 5.55. The Morgan fingerprint density at radius 2 is 2.00 bits per heavy atom. The maximum Gasteiger partial charge on any atom is 0.407 e. The lowest BCUT2D eigenvalue weighted by Gasteiger charge is -2.31. The zero-order valence-electron chi connectivity index (χ0n) is 15.0. The van der Waals surface area contributed by atoms with Crippen molar-refractivity contribution in [3.63, 3.8) is 0 Å². The highest BCUT2D eigenvalue weighted by molar-refractivity contribution is 9.10. The first-order chi connectivity index (χ1) is 12.1. The Labute approximate surface area is 160 Å². The van der Waals surface area contributed by atoms with E-state index in [9.17, 15) is 19.3 Å². The van der Waals surface area contributed by atoms with Crippen LogP contribution < -0.4 is 10.6 Å². The van der Waals surface area contributed by atoms with Crippen LogP contribution in [0.3, 0.4) is 0 Å². The van der Waals surface area contributed by atoms with Gasteiger partial charge in [-0.1, -0.05) is 0 Å². The van der Waals surface area contributed by atoms with E-state index < -0.39 is 22.4 Å². The van der Waals surface area contributed by atoms with E-state index in [0.29, 0.717) is 6.42 Å². The molecule has 0 unspecified atom stereocenters. The Morgan fingerprint density at radius 3 is 2.62 bits per heavy atom. The van der Waals surface area contributed by atoms with Gasteiger partial charge in [0.2, 0.25) is 0 Å². The molecule has 1 aromatic carbocycles. The standard InChI is InChI=1S/C17H23BrFN3O4/c1-17(2,3)26-16(23)21-11-6-4-5-10(9-11)20-15-13(22(24)25)8-7-12(18)14(15)19/h7-8,10-11,20H,4-6,9H2,1-3H3,(H,21,23)/t10-,11+/m1/s1. The average molecular weight is 432 g/mol. The van der Waals surface area contributed by atoms with Crippen LogP contribution in [0.25, 0.3) is 0 Å². The first-order valence-corrected chi connectivity index (χ1v) is 9.24. The largest absolute Gasteiger partial charge is 0.444 e. The molecule has 2 N–H and O–H groups in total. The van der Waals surface area contributed by atoms with Crippen molar-refractivity contribution in [1.29, 1.82) is 0 Å². The minimum Gasteiger partial charge on any atom is -0.444 e. The third-order valence-electron chi connectivity index (χ3n) is 4.01. The number of hydrogen-bond donors (Lipinski definition) is 2. The fourth-order valence-corrected chi connectivity index (χ4v) is 3.29. The van der Waals surface area contributed by atoms with E-state index in [1.165, 1.54) is 12.1 Å². The number of ether oxygens (including phenoxy) is 1. The number of halogens is 2. The SMILES string of the molecule is CC(C)(C)OC(=O)N[C@H]1CCC[C@@H](Nc2c([N+](=O)[O-])ccc(Br)c2F)C1. The first kappa shape index (κ1) is 20.4. The number of hydrogen-bond acceptors (Lipinski definition) is 5. The van der Waals surface area contributed by atoms with E-state index in [4.69, 9.17) is 4.74 Å². The van der Waals surface area contributed by atoms with Gasteiger partial charge in [-0.05, 0) is 68.5 Å². The van der Waals surface area contributed by atoms with E-state index in [-0.39, 0.29) is 27.9 Å². The number of nitrogens with one attached hydrogen (secondary N) is 2. The van der Waals surface area contributed by atoms with E-state index >= 15 is 0 Å². The van der Waals surface area contributed by atoms with Gasteiger partial charge in [-0.25, -0.2) is 9.18 Å². The van der Waals surface area contributed by atoms with Gasteiger partial charge in [-0.2, -0.15) is 0 Å². The van der Waals surface area contributed by atoms with Gasteiger partial charge in [-0.15, -0.1) is 0 Å². The monoisotopic (exact) mass is 431 g/mol. The van der Waals surface area contributed by atoms with E-state index in [2.05, 4.69) is 26.6 Å². The number of nitro benzene ring substituents is 1. The zero-order chi connectivity index (χ0) is 19.5. The highest BCUT2D eigenvalue weighted by Crippen LogP contribution is 2.34. The van der Waals surface area contributed by atoms with Crippen molar-refractivity contribution >= 4 is 33.4 Å². The molecule has 9 heteroatoms. The summed E-state index contributed by atoms with van der Waals surface area (Å²) in [5.74, 6) is -0.693. The van der Waals surface area contributed by atoms with Gasteiger partial charge >= 0.3 is 6.09 Å². The van der Waals surface area contributed by atoms with Crippen LogP contribution in [-0.4, -0.2) is 28.7 Å². The summed E-state index contributed by atoms with van der Waals surface area (Å²) >= 11 is 3.06. The molecular formula is C17H23BrFN3O4. The molecule has 1 amide bonds. The third-order valence-corrected chi connectivity index (χ3v) is 4.63. The smallest absolute Gasteiger partial charge is 0.407 e. The maximum absolute atomic E-state index is 14.4.